The maximum Gasteiger partial charge on any atom is 0.324 e. The lowest BCUT2D eigenvalue weighted by molar-refractivity contribution is -0.123. The molecule has 0 aromatic heterocycles. The number of nitrogens with one attached hydrogen (secondary N) is 1. The van der Waals surface area contributed by atoms with E-state index in [4.69, 9.17) is 23.2 Å². The fraction of sp³-hybridized carbons (Fsp3) is 0.500. The second kappa shape index (κ2) is 6.57. The summed E-state index contributed by atoms with van der Waals surface area (Å²) in [4.78, 5) is 27.9. The van der Waals surface area contributed by atoms with Gasteiger partial charge in [-0.25, -0.2) is 4.79 Å². The fourth-order valence-corrected chi connectivity index (χ4v) is 3.87. The summed E-state index contributed by atoms with van der Waals surface area (Å²) in [5.41, 5.74) is 0.655. The highest BCUT2D eigenvalue weighted by Gasteiger charge is 2.40. The van der Waals surface area contributed by atoms with E-state index in [1.165, 1.54) is 0 Å². The predicted octanol–water partition coefficient (Wildman–Crippen LogP) is 3.15. The molecule has 0 radical (unpaired) electrons. The minimum atomic E-state index is -0.0830. The van der Waals surface area contributed by atoms with E-state index >= 15 is 0 Å². The van der Waals surface area contributed by atoms with Crippen LogP contribution in [0.5, 0.6) is 0 Å². The van der Waals surface area contributed by atoms with Crippen molar-refractivity contribution >= 4 is 40.8 Å². The van der Waals surface area contributed by atoms with Crippen LogP contribution in [0.3, 0.4) is 0 Å². The number of fused-ring (bicyclic) bond motifs is 1. The molecule has 0 bridgehead atoms. The van der Waals surface area contributed by atoms with Gasteiger partial charge in [0, 0.05) is 31.1 Å². The number of hydrogen-bond donors (Lipinski definition) is 1. The van der Waals surface area contributed by atoms with Crippen molar-refractivity contribution in [3.05, 3.63) is 28.2 Å². The number of likely N-dealkylation sites (tertiary alicyclic amines) is 1. The Morgan fingerprint density at radius 3 is 2.87 bits per heavy atom. The lowest BCUT2D eigenvalue weighted by Gasteiger charge is -2.28. The molecule has 2 aliphatic rings. The number of benzene rings is 1. The van der Waals surface area contributed by atoms with E-state index < -0.39 is 0 Å². The molecule has 1 N–H and O–H groups in total. The maximum absolute atomic E-state index is 12.9. The summed E-state index contributed by atoms with van der Waals surface area (Å²) in [6.45, 7) is 3.65. The van der Waals surface area contributed by atoms with E-state index in [1.54, 1.807) is 28.0 Å². The summed E-state index contributed by atoms with van der Waals surface area (Å²) < 4.78 is 0. The molecule has 0 saturated carbocycles. The van der Waals surface area contributed by atoms with Crippen molar-refractivity contribution in [1.82, 2.24) is 10.2 Å². The molecule has 3 amide bonds. The lowest BCUT2D eigenvalue weighted by Crippen LogP contribution is -2.46. The number of amides is 3. The van der Waals surface area contributed by atoms with Gasteiger partial charge in [-0.3, -0.25) is 9.69 Å². The summed E-state index contributed by atoms with van der Waals surface area (Å²) >= 11 is 12.2. The first-order valence-corrected chi connectivity index (χ1v) is 8.56. The number of urea groups is 1. The highest BCUT2D eigenvalue weighted by molar-refractivity contribution is 6.36. The van der Waals surface area contributed by atoms with Gasteiger partial charge < -0.3 is 10.2 Å². The Morgan fingerprint density at radius 1 is 1.39 bits per heavy atom. The van der Waals surface area contributed by atoms with Gasteiger partial charge >= 0.3 is 6.03 Å². The second-order valence-electron chi connectivity index (χ2n) is 6.00. The number of rotatable bonds is 2. The van der Waals surface area contributed by atoms with Crippen molar-refractivity contribution in [2.45, 2.75) is 25.8 Å². The first kappa shape index (κ1) is 16.4. The quantitative estimate of drug-likeness (QED) is 0.885. The van der Waals surface area contributed by atoms with Crippen LogP contribution < -0.4 is 10.2 Å². The van der Waals surface area contributed by atoms with E-state index in [1.807, 2.05) is 6.92 Å². The van der Waals surface area contributed by atoms with Crippen LogP contribution in [0, 0.1) is 5.92 Å². The van der Waals surface area contributed by atoms with Crippen LogP contribution in [-0.2, 0) is 4.79 Å². The van der Waals surface area contributed by atoms with Crippen LogP contribution in [0.1, 0.15) is 19.8 Å². The van der Waals surface area contributed by atoms with Gasteiger partial charge in [-0.15, -0.1) is 0 Å². The highest BCUT2D eigenvalue weighted by Crippen LogP contribution is 2.31. The van der Waals surface area contributed by atoms with Gasteiger partial charge in [-0.05, 0) is 37.5 Å². The van der Waals surface area contributed by atoms with Crippen molar-refractivity contribution < 1.29 is 9.59 Å². The second-order valence-corrected chi connectivity index (χ2v) is 6.84. The zero-order valence-corrected chi connectivity index (χ0v) is 14.4. The number of carbonyl (C=O) groups excluding carboxylic acids is 2. The van der Waals surface area contributed by atoms with Gasteiger partial charge in [0.25, 0.3) is 0 Å². The van der Waals surface area contributed by atoms with Crippen LogP contribution >= 0.6 is 23.2 Å². The molecule has 5 nitrogen and oxygen atoms in total. The van der Waals surface area contributed by atoms with Gasteiger partial charge in [-0.2, -0.15) is 0 Å². The van der Waals surface area contributed by atoms with Crippen molar-refractivity contribution in [2.75, 3.05) is 24.5 Å². The number of carbonyl (C=O) groups is 2. The fourth-order valence-electron chi connectivity index (χ4n) is 3.36. The van der Waals surface area contributed by atoms with E-state index in [0.717, 1.165) is 6.42 Å². The normalized spacial score (nSPS) is 23.4. The van der Waals surface area contributed by atoms with Crippen molar-refractivity contribution in [1.29, 1.82) is 0 Å². The van der Waals surface area contributed by atoms with Gasteiger partial charge in [0.05, 0.1) is 16.8 Å². The predicted molar refractivity (Wildman–Crippen MR) is 91.1 cm³/mol. The highest BCUT2D eigenvalue weighted by atomic mass is 35.5. The number of piperidine rings is 1. The molecule has 2 heterocycles. The van der Waals surface area contributed by atoms with Gasteiger partial charge in [-0.1, -0.05) is 23.2 Å². The molecular weight excluding hydrogens is 337 g/mol. The SMILES string of the molecule is CCN(C(=O)N1CC2CCC(=O)NC2C1)c1ccc(Cl)cc1Cl. The molecule has 3 rings (SSSR count). The van der Waals surface area contributed by atoms with Gasteiger partial charge in [0.2, 0.25) is 5.91 Å². The number of anilines is 1. The third-order valence-corrected chi connectivity index (χ3v) is 5.09. The Bertz CT molecular complexity index is 638. The van der Waals surface area contributed by atoms with E-state index in [-0.39, 0.29) is 18.0 Å². The topological polar surface area (TPSA) is 52.7 Å². The van der Waals surface area contributed by atoms with Crippen molar-refractivity contribution in [3.8, 4) is 0 Å². The first-order valence-electron chi connectivity index (χ1n) is 7.80. The van der Waals surface area contributed by atoms with Crippen LogP contribution in [0.25, 0.3) is 0 Å². The summed E-state index contributed by atoms with van der Waals surface area (Å²) in [5, 5.41) is 3.98. The summed E-state index contributed by atoms with van der Waals surface area (Å²) in [6.07, 6.45) is 1.39. The lowest BCUT2D eigenvalue weighted by atomic mass is 9.94. The zero-order chi connectivity index (χ0) is 16.6. The van der Waals surface area contributed by atoms with Crippen LogP contribution in [-0.4, -0.2) is 42.5 Å². The minimum absolute atomic E-state index is 0.0691. The third kappa shape index (κ3) is 3.26. The molecule has 23 heavy (non-hydrogen) atoms. The Labute approximate surface area is 145 Å². The Morgan fingerprint density at radius 2 is 2.17 bits per heavy atom. The average Bonchev–Trinajstić information content (AvgIpc) is 2.92. The van der Waals surface area contributed by atoms with Crippen LogP contribution in [0.4, 0.5) is 10.5 Å². The van der Waals surface area contributed by atoms with Crippen LogP contribution in [0.15, 0.2) is 18.2 Å². The Hall–Kier alpha value is -1.46. The molecule has 2 fully saturated rings. The Kier molecular flexibility index (Phi) is 4.69. The molecule has 1 aromatic rings. The van der Waals surface area contributed by atoms with Crippen LogP contribution in [0.2, 0.25) is 10.0 Å². The monoisotopic (exact) mass is 355 g/mol. The molecule has 124 valence electrons. The smallest absolute Gasteiger partial charge is 0.324 e. The molecule has 0 aliphatic carbocycles. The minimum Gasteiger partial charge on any atom is -0.351 e. The summed E-state index contributed by atoms with van der Waals surface area (Å²) in [7, 11) is 0. The molecule has 2 atom stereocenters. The van der Waals surface area contributed by atoms with E-state index in [2.05, 4.69) is 5.32 Å². The molecule has 7 heteroatoms. The summed E-state index contributed by atoms with van der Waals surface area (Å²) in [5.74, 6) is 0.421. The van der Waals surface area contributed by atoms with E-state index in [0.29, 0.717) is 47.7 Å². The van der Waals surface area contributed by atoms with Crippen molar-refractivity contribution in [2.24, 2.45) is 5.92 Å². The van der Waals surface area contributed by atoms with Gasteiger partial charge in [0.15, 0.2) is 0 Å². The number of nitrogens with zero attached hydrogens (tertiary/aromatic N) is 2. The Balaban J connectivity index is 1.77. The zero-order valence-electron chi connectivity index (χ0n) is 12.9. The maximum atomic E-state index is 12.9. The third-order valence-electron chi connectivity index (χ3n) is 4.55. The molecule has 2 aliphatic heterocycles. The largest absolute Gasteiger partial charge is 0.351 e. The summed E-state index contributed by atoms with van der Waals surface area (Å²) in [6, 6.07) is 5.11. The molecule has 2 unspecified atom stereocenters. The molecule has 2 saturated heterocycles. The molecule has 0 spiro atoms. The molecule has 1 aromatic carbocycles. The first-order chi connectivity index (χ1) is 11.0. The van der Waals surface area contributed by atoms with E-state index in [9.17, 15) is 9.59 Å². The standard InChI is InChI=1S/C16H19Cl2N3O2/c1-2-21(14-5-4-11(17)7-12(14)18)16(23)20-8-10-3-6-15(22)19-13(10)9-20/h4-5,7,10,13H,2-3,6,8-9H2,1H3,(H,19,22). The van der Waals surface area contributed by atoms with Gasteiger partial charge in [0.1, 0.15) is 0 Å². The van der Waals surface area contributed by atoms with Crippen molar-refractivity contribution in [3.63, 3.8) is 0 Å². The number of hydrogen-bond acceptors (Lipinski definition) is 2. The number of halogens is 2. The molecular formula is C16H19Cl2N3O2. The average molecular weight is 356 g/mol.